The number of hydrogen-bond donors (Lipinski definition) is 5. The predicted octanol–water partition coefficient (Wildman–Crippen LogP) is 21.4. The van der Waals surface area contributed by atoms with E-state index in [1.165, 1.54) is 102 Å². The van der Waals surface area contributed by atoms with Crippen molar-refractivity contribution in [2.75, 3.05) is 63.0 Å². The van der Waals surface area contributed by atoms with Gasteiger partial charge in [-0.25, -0.2) is 24.0 Å². The van der Waals surface area contributed by atoms with Gasteiger partial charge in [-0.05, 0) is 243 Å². The highest BCUT2D eigenvalue weighted by atomic mass is 127. The van der Waals surface area contributed by atoms with Gasteiger partial charge in [0.05, 0.1) is 86.6 Å². The highest BCUT2D eigenvalue weighted by Crippen LogP contribution is 2.26. The fraction of sp³-hybridized carbons (Fsp3) is 0.344. The molecule has 0 fully saturated rings. The van der Waals surface area contributed by atoms with E-state index >= 15 is 0 Å². The molecule has 9 aromatic carbocycles. The number of aldehydes is 2. The van der Waals surface area contributed by atoms with Crippen LogP contribution >= 0.6 is 48.0 Å². The molecule has 115 heavy (non-hydrogen) atoms. The Labute approximate surface area is 718 Å². The molecule has 0 heterocycles. The average molecular weight is 1790 g/mol. The Morgan fingerprint density at radius 1 is 0.357 bits per heavy atom. The van der Waals surface area contributed by atoms with Crippen LogP contribution < -0.4 is 27.4 Å². The molecule has 9 aromatic rings. The molecule has 0 aliphatic carbocycles. The van der Waals surface area contributed by atoms with Crippen molar-refractivity contribution in [1.82, 2.24) is 0 Å². The minimum atomic E-state index is -0.414. The molecular weight excluding hydrogens is 1670 g/mol. The zero-order valence-corrected chi connectivity index (χ0v) is 75.0. The fourth-order valence-corrected chi connectivity index (χ4v) is 12.4. The second-order valence-electron chi connectivity index (χ2n) is 29.2. The number of nitrogens with two attached hydrogens (primary N) is 2. The molecule has 9 rings (SSSR count). The number of halogens is 2. The van der Waals surface area contributed by atoms with Crippen LogP contribution in [0.15, 0.2) is 206 Å². The van der Waals surface area contributed by atoms with E-state index in [-0.39, 0.29) is 60.1 Å². The molecule has 0 bridgehead atoms. The number of carbonyl (C=O) groups is 7. The van der Waals surface area contributed by atoms with Gasteiger partial charge in [-0.15, -0.1) is 48.0 Å². The number of ether oxygens (including phenoxy) is 5. The summed E-state index contributed by atoms with van der Waals surface area (Å²) in [7, 11) is 6.78. The maximum Gasteiger partial charge on any atom is 0.339 e. The number of hydrogen-bond acceptors (Lipinski definition) is 17. The average Bonchev–Trinajstić information content (AvgIpc) is 0.825. The highest BCUT2D eigenvalue weighted by Gasteiger charge is 2.20. The number of rotatable bonds is 30. The number of anilines is 5. The van der Waals surface area contributed by atoms with Crippen LogP contribution in [0.4, 0.5) is 28.4 Å². The van der Waals surface area contributed by atoms with Crippen LogP contribution in [0.25, 0.3) is 0 Å². The quantitative estimate of drug-likeness (QED) is 0.00700. The molecule has 7 N–H and O–H groups in total. The summed E-state index contributed by atoms with van der Waals surface area (Å²) in [6.45, 7) is 26.4. The Kier molecular flexibility index (Phi) is 48.6. The molecule has 618 valence electrons. The van der Waals surface area contributed by atoms with Gasteiger partial charge in [0.2, 0.25) is 0 Å². The third-order valence-corrected chi connectivity index (χ3v) is 18.1. The minimum Gasteiger partial charge on any atom is -0.465 e. The van der Waals surface area contributed by atoms with E-state index in [1.807, 2.05) is 48.7 Å². The van der Waals surface area contributed by atoms with Crippen molar-refractivity contribution in [1.29, 1.82) is 0 Å². The fourth-order valence-electron chi connectivity index (χ4n) is 12.4. The molecule has 0 aliphatic heterocycles. The summed E-state index contributed by atoms with van der Waals surface area (Å²) in [6, 6.07) is 62.0. The molecule has 0 aliphatic rings. The standard InChI is InChI=1S/C30H36N2O4.C22H27NO2.2C14H20O.2C8H9NO2.2HI/c1-20(2)18-22-14-15-23(21(3)19-22)16-17-28(31-26-12-8-6-10-24(26)29(33)35-4)32-27-13-9-7-11-25(27)30(34)36-5;1-16(2)14-18-11-12-19(17(3)15-18)8-7-13-23-21-10-6-5-9-20(21)22(24)25-4;2*1-11(2)9-13-6-7-14(5-4-8-15)12(3)10-13;2*1-11-8(10)6-4-2-3-5-7(6)9;;/h6-15,19-20,28,31-32H,16-18H2,1-5H3;5-7,9-13,15-16,23H,8,14H2,1-4H3;2*6-8,10-11H,4-5,9H2,1-3H3;2*2-5H,9H2,1H3;2*1H. The first-order valence-corrected chi connectivity index (χ1v) is 38.6. The van der Waals surface area contributed by atoms with E-state index < -0.39 is 23.9 Å². The Balaban J connectivity index is 0.000000495. The first-order chi connectivity index (χ1) is 54.1. The molecule has 0 spiro atoms. The number of para-hydroxylation sites is 5. The second kappa shape index (κ2) is 55.4. The smallest absolute Gasteiger partial charge is 0.339 e. The topological polar surface area (TPSA) is 254 Å². The Hall–Kier alpha value is -10.1. The largest absolute Gasteiger partial charge is 0.465 e. The van der Waals surface area contributed by atoms with Gasteiger partial charge >= 0.3 is 29.8 Å². The Bertz CT molecular complexity index is 4330. The Morgan fingerprint density at radius 2 is 0.626 bits per heavy atom. The van der Waals surface area contributed by atoms with Crippen LogP contribution in [-0.4, -0.2) is 84.1 Å². The van der Waals surface area contributed by atoms with Gasteiger partial charge in [-0.2, -0.15) is 0 Å². The number of esters is 5. The molecule has 0 unspecified atom stereocenters. The number of methoxy groups -OCH3 is 5. The van der Waals surface area contributed by atoms with Crippen LogP contribution in [0.5, 0.6) is 0 Å². The zero-order valence-electron chi connectivity index (χ0n) is 70.3. The number of benzene rings is 9. The number of carbonyl (C=O) groups excluding carboxylic acids is 7. The van der Waals surface area contributed by atoms with Crippen LogP contribution in [0.3, 0.4) is 0 Å². The zero-order chi connectivity index (χ0) is 83.4. The van der Waals surface area contributed by atoms with Crippen LogP contribution in [0.2, 0.25) is 0 Å². The number of aryl methyl sites for hydroxylation is 7. The molecule has 19 heteroatoms. The maximum absolute atomic E-state index is 12.3. The number of nitrogens with one attached hydrogen (secondary N) is 3. The van der Waals surface area contributed by atoms with E-state index in [9.17, 15) is 33.6 Å². The summed E-state index contributed by atoms with van der Waals surface area (Å²) in [6.07, 6.45) is 15.4. The van der Waals surface area contributed by atoms with Gasteiger partial charge < -0.3 is 60.7 Å². The van der Waals surface area contributed by atoms with Crippen molar-refractivity contribution in [2.45, 2.75) is 160 Å². The summed E-state index contributed by atoms with van der Waals surface area (Å²) < 4.78 is 23.7. The van der Waals surface area contributed by atoms with Gasteiger partial charge in [-0.3, -0.25) is 0 Å². The lowest BCUT2D eigenvalue weighted by atomic mass is 9.96. The van der Waals surface area contributed by atoms with E-state index in [1.54, 1.807) is 78.9 Å². The van der Waals surface area contributed by atoms with Gasteiger partial charge in [0.25, 0.3) is 0 Å². The molecule has 0 radical (unpaired) electrons. The Morgan fingerprint density at radius 3 is 0.922 bits per heavy atom. The summed E-state index contributed by atoms with van der Waals surface area (Å²) >= 11 is 0. The first-order valence-electron chi connectivity index (χ1n) is 38.6. The predicted molar refractivity (Wildman–Crippen MR) is 492 cm³/mol. The normalized spacial score (nSPS) is 10.3. The number of nitrogen functional groups attached to an aromatic ring is 2. The lowest BCUT2D eigenvalue weighted by molar-refractivity contribution is -0.108. The number of allylic oxidation sites excluding steroid dienone is 1. The molecule has 0 amide bonds. The van der Waals surface area contributed by atoms with Crippen molar-refractivity contribution < 1.29 is 57.2 Å². The van der Waals surface area contributed by atoms with Crippen molar-refractivity contribution in [3.63, 3.8) is 0 Å². The van der Waals surface area contributed by atoms with E-state index in [4.69, 9.17) is 25.7 Å². The summed E-state index contributed by atoms with van der Waals surface area (Å²) in [5.41, 5.74) is 32.1. The highest BCUT2D eigenvalue weighted by molar-refractivity contribution is 14.0. The molecule has 0 saturated carbocycles. The lowest BCUT2D eigenvalue weighted by Crippen LogP contribution is -2.31. The second-order valence-corrected chi connectivity index (χ2v) is 29.2. The lowest BCUT2D eigenvalue weighted by Gasteiger charge is -2.25. The first kappa shape index (κ1) is 101. The molecular formula is C96H123I2N5O12. The molecule has 0 aromatic heterocycles. The molecule has 17 nitrogen and oxygen atoms in total. The molecule has 0 atom stereocenters. The summed E-state index contributed by atoms with van der Waals surface area (Å²) in [4.78, 5) is 78.9. The van der Waals surface area contributed by atoms with Crippen molar-refractivity contribution >= 4 is 119 Å². The van der Waals surface area contributed by atoms with Gasteiger partial charge in [0.1, 0.15) is 12.6 Å². The van der Waals surface area contributed by atoms with Crippen molar-refractivity contribution in [3.05, 3.63) is 301 Å². The van der Waals surface area contributed by atoms with Crippen LogP contribution in [-0.2, 0) is 84.6 Å². The van der Waals surface area contributed by atoms with Crippen molar-refractivity contribution in [3.8, 4) is 0 Å². The van der Waals surface area contributed by atoms with E-state index in [0.717, 1.165) is 69.6 Å². The minimum absolute atomic E-state index is 0. The maximum atomic E-state index is 12.3. The van der Waals surface area contributed by atoms with Crippen molar-refractivity contribution in [2.24, 2.45) is 23.7 Å². The SMILES string of the molecule is COC(=O)c1ccccc1N.COC(=O)c1ccccc1N.COC(=O)c1ccccc1NC(CCc1ccc(CC(C)C)cc1C)Nc1ccccc1C(=O)OC.COC(=O)c1ccccc1NC=CCc1ccc(CC(C)C)cc1C.Cc1cc(CC(C)C)ccc1CCC=O.Cc1cc(CC(C)C)ccc1CCC=O.I.I. The van der Waals surface area contributed by atoms with Gasteiger partial charge in [0, 0.05) is 24.2 Å². The third-order valence-electron chi connectivity index (χ3n) is 18.1. The molecule has 0 saturated heterocycles. The van der Waals surface area contributed by atoms with E-state index in [0.29, 0.717) is 93.5 Å². The summed E-state index contributed by atoms with van der Waals surface area (Å²) in [5, 5.41) is 10.1. The van der Waals surface area contributed by atoms with Crippen LogP contribution in [0, 0.1) is 51.4 Å². The summed E-state index contributed by atoms with van der Waals surface area (Å²) in [5.74, 6) is 0.712. The third kappa shape index (κ3) is 36.9. The van der Waals surface area contributed by atoms with Gasteiger partial charge in [-0.1, -0.05) is 195 Å². The monoisotopic (exact) mass is 1790 g/mol. The van der Waals surface area contributed by atoms with Gasteiger partial charge in [0.15, 0.2) is 0 Å². The van der Waals surface area contributed by atoms with Crippen LogP contribution in [0.1, 0.15) is 193 Å². The van der Waals surface area contributed by atoms with E-state index in [2.05, 4.69) is 187 Å².